The Morgan fingerprint density at radius 3 is 1.43 bits per heavy atom. The van der Waals surface area contributed by atoms with E-state index in [2.05, 4.69) is 217 Å². The summed E-state index contributed by atoms with van der Waals surface area (Å²) < 4.78 is 0. The molecule has 0 amide bonds. The Kier molecular flexibility index (Phi) is 7.24. The predicted molar refractivity (Wildman–Crippen MR) is 251 cm³/mol. The zero-order valence-corrected chi connectivity index (χ0v) is 32.8. The summed E-state index contributed by atoms with van der Waals surface area (Å²) in [7, 11) is 0. The molecule has 0 fully saturated rings. The summed E-state index contributed by atoms with van der Waals surface area (Å²) in [5.41, 5.74) is 22.7. The molecule has 280 valence electrons. The van der Waals surface area contributed by atoms with Crippen LogP contribution < -0.4 is 10.6 Å². The molecule has 0 saturated heterocycles. The van der Waals surface area contributed by atoms with E-state index in [1.54, 1.807) is 0 Å². The van der Waals surface area contributed by atoms with Crippen LogP contribution in [0.25, 0.3) is 105 Å². The van der Waals surface area contributed by atoms with Crippen LogP contribution in [0.15, 0.2) is 212 Å². The molecule has 0 spiro atoms. The Labute approximate surface area is 349 Å². The number of nitrogens with one attached hydrogen (secondary N) is 2. The van der Waals surface area contributed by atoms with E-state index in [1.165, 1.54) is 122 Å². The van der Waals surface area contributed by atoms with E-state index >= 15 is 0 Å². The molecule has 4 aliphatic rings. The van der Waals surface area contributed by atoms with Gasteiger partial charge in [-0.25, -0.2) is 0 Å². The van der Waals surface area contributed by atoms with Gasteiger partial charge in [0.05, 0.1) is 6.04 Å². The highest BCUT2D eigenvalue weighted by Crippen LogP contribution is 2.52. The normalized spacial score (nSPS) is 16.5. The Morgan fingerprint density at radius 2 is 0.850 bits per heavy atom. The topological polar surface area (TPSA) is 24.1 Å². The third kappa shape index (κ3) is 4.98. The summed E-state index contributed by atoms with van der Waals surface area (Å²) in [4.78, 5) is 0. The third-order valence-electron chi connectivity index (χ3n) is 13.2. The Morgan fingerprint density at radius 1 is 0.350 bits per heavy atom. The molecule has 0 saturated carbocycles. The fraction of sp³-hybridized carbons (Fsp3) is 0.0345. The standard InChI is InChI=1S/C58H38N2/c1-2-12-36(13-3-1)57-53-18-8-9-23-54(53)59-58(60-57)37-26-24-35(25-27-37)38-32-39(41-28-30-51-45-16-6-4-14-43(45)49-21-10-19-47(41)55(49)51)34-40(33-38)42-29-31-52-46-17-7-5-15-44(46)50-22-11-20-48(42)56(50)52/h1-34,54,58-60H. The van der Waals surface area contributed by atoms with Gasteiger partial charge < -0.3 is 5.32 Å². The van der Waals surface area contributed by atoms with Gasteiger partial charge >= 0.3 is 0 Å². The Hall–Kier alpha value is -7.52. The highest BCUT2D eigenvalue weighted by molar-refractivity contribution is 6.20. The molecular weight excluding hydrogens is 725 g/mol. The summed E-state index contributed by atoms with van der Waals surface area (Å²) in [6.07, 6.45) is 8.70. The molecule has 3 aliphatic carbocycles. The van der Waals surface area contributed by atoms with Crippen molar-refractivity contribution in [1.29, 1.82) is 0 Å². The summed E-state index contributed by atoms with van der Waals surface area (Å²) >= 11 is 0. The lowest BCUT2D eigenvalue weighted by Crippen LogP contribution is -2.45. The molecular formula is C58H38N2. The molecule has 13 rings (SSSR count). The highest BCUT2D eigenvalue weighted by Gasteiger charge is 2.29. The van der Waals surface area contributed by atoms with Crippen LogP contribution in [0.2, 0.25) is 0 Å². The van der Waals surface area contributed by atoms with Gasteiger partial charge in [-0.2, -0.15) is 0 Å². The van der Waals surface area contributed by atoms with Gasteiger partial charge in [0.1, 0.15) is 6.17 Å². The maximum atomic E-state index is 3.86. The van der Waals surface area contributed by atoms with Gasteiger partial charge in [0.25, 0.3) is 0 Å². The minimum Gasteiger partial charge on any atom is -0.365 e. The highest BCUT2D eigenvalue weighted by atomic mass is 15.2. The Bertz CT molecular complexity index is 3150. The summed E-state index contributed by atoms with van der Waals surface area (Å²) in [6, 6.07) is 67.9. The van der Waals surface area contributed by atoms with Crippen molar-refractivity contribution < 1.29 is 0 Å². The molecule has 1 heterocycles. The van der Waals surface area contributed by atoms with Crippen molar-refractivity contribution in [2.75, 3.05) is 0 Å². The molecule has 0 bridgehead atoms. The molecule has 9 aromatic carbocycles. The first-order chi connectivity index (χ1) is 29.7. The van der Waals surface area contributed by atoms with Crippen molar-refractivity contribution in [1.82, 2.24) is 10.6 Å². The summed E-state index contributed by atoms with van der Waals surface area (Å²) in [5, 5.41) is 13.0. The molecule has 2 N–H and O–H groups in total. The van der Waals surface area contributed by atoms with Gasteiger partial charge in [-0.3, -0.25) is 5.32 Å². The first kappa shape index (κ1) is 33.5. The fourth-order valence-corrected chi connectivity index (χ4v) is 10.5. The molecule has 1 aliphatic heterocycles. The molecule has 60 heavy (non-hydrogen) atoms. The molecule has 0 aromatic heterocycles. The SMILES string of the molecule is C1=CC2=C(c3ccccc3)NC(c3ccc(-c4cc(-c5ccc6c7c(cccc57)-c5ccccc5-6)cc(-c5ccc6c7c(cccc57)-c5ccccc5-6)c4)cc3)NC2C=C1. The van der Waals surface area contributed by atoms with E-state index in [-0.39, 0.29) is 12.2 Å². The number of rotatable bonds is 5. The van der Waals surface area contributed by atoms with E-state index in [0.717, 1.165) is 0 Å². The monoisotopic (exact) mass is 762 g/mol. The quantitative estimate of drug-likeness (QED) is 0.182. The number of benzene rings is 9. The van der Waals surface area contributed by atoms with Crippen molar-refractivity contribution in [3.63, 3.8) is 0 Å². The summed E-state index contributed by atoms with van der Waals surface area (Å²) in [6.45, 7) is 0. The van der Waals surface area contributed by atoms with E-state index in [0.29, 0.717) is 0 Å². The van der Waals surface area contributed by atoms with Crippen molar-refractivity contribution >= 4 is 27.2 Å². The van der Waals surface area contributed by atoms with E-state index in [4.69, 9.17) is 0 Å². The maximum Gasteiger partial charge on any atom is 0.104 e. The zero-order chi connectivity index (χ0) is 39.3. The maximum absolute atomic E-state index is 3.86. The smallest absolute Gasteiger partial charge is 0.104 e. The van der Waals surface area contributed by atoms with Crippen LogP contribution in [0, 0.1) is 0 Å². The van der Waals surface area contributed by atoms with Gasteiger partial charge in [0.15, 0.2) is 0 Å². The van der Waals surface area contributed by atoms with Gasteiger partial charge in [0, 0.05) is 5.70 Å². The van der Waals surface area contributed by atoms with Crippen molar-refractivity contribution in [3.05, 3.63) is 223 Å². The zero-order valence-electron chi connectivity index (χ0n) is 32.8. The predicted octanol–water partition coefficient (Wildman–Crippen LogP) is 14.4. The van der Waals surface area contributed by atoms with Gasteiger partial charge in [-0.15, -0.1) is 0 Å². The minimum absolute atomic E-state index is 0.0450. The van der Waals surface area contributed by atoms with Crippen molar-refractivity contribution in [2.24, 2.45) is 0 Å². The second-order valence-corrected chi connectivity index (χ2v) is 16.5. The van der Waals surface area contributed by atoms with E-state index < -0.39 is 0 Å². The van der Waals surface area contributed by atoms with Gasteiger partial charge in [-0.1, -0.05) is 188 Å². The van der Waals surface area contributed by atoms with Crippen LogP contribution in [0.1, 0.15) is 17.3 Å². The van der Waals surface area contributed by atoms with Crippen molar-refractivity contribution in [3.8, 4) is 77.9 Å². The Balaban J connectivity index is 0.961. The molecule has 2 unspecified atom stereocenters. The van der Waals surface area contributed by atoms with E-state index in [1.807, 2.05) is 0 Å². The van der Waals surface area contributed by atoms with Crippen LogP contribution >= 0.6 is 0 Å². The van der Waals surface area contributed by atoms with E-state index in [9.17, 15) is 0 Å². The molecule has 0 radical (unpaired) electrons. The third-order valence-corrected chi connectivity index (χ3v) is 13.2. The lowest BCUT2D eigenvalue weighted by molar-refractivity contribution is 0.460. The second kappa shape index (κ2) is 13.0. The first-order valence-corrected chi connectivity index (χ1v) is 21.0. The lowest BCUT2D eigenvalue weighted by Gasteiger charge is -2.36. The fourth-order valence-electron chi connectivity index (χ4n) is 10.5. The van der Waals surface area contributed by atoms with Gasteiger partial charge in [0.2, 0.25) is 0 Å². The summed E-state index contributed by atoms with van der Waals surface area (Å²) in [5.74, 6) is 0. The second-order valence-electron chi connectivity index (χ2n) is 16.5. The largest absolute Gasteiger partial charge is 0.365 e. The van der Waals surface area contributed by atoms with Crippen LogP contribution in [-0.4, -0.2) is 6.04 Å². The average Bonchev–Trinajstić information content (AvgIpc) is 3.83. The first-order valence-electron chi connectivity index (χ1n) is 21.0. The number of fused-ring (bicyclic) bond motifs is 7. The number of hydrogen-bond donors (Lipinski definition) is 2. The van der Waals surface area contributed by atoms with Crippen LogP contribution in [-0.2, 0) is 0 Å². The minimum atomic E-state index is -0.0450. The van der Waals surface area contributed by atoms with Gasteiger partial charge in [-0.05, 0) is 134 Å². The van der Waals surface area contributed by atoms with Crippen LogP contribution in [0.4, 0.5) is 0 Å². The van der Waals surface area contributed by atoms with Crippen LogP contribution in [0.3, 0.4) is 0 Å². The molecule has 2 atom stereocenters. The molecule has 9 aromatic rings. The number of hydrogen-bond acceptors (Lipinski definition) is 2. The van der Waals surface area contributed by atoms with Crippen LogP contribution in [0.5, 0.6) is 0 Å². The molecule has 2 heteroatoms. The lowest BCUT2D eigenvalue weighted by atomic mass is 9.88. The average molecular weight is 763 g/mol. The number of allylic oxidation sites excluding steroid dienone is 2. The molecule has 2 nitrogen and oxygen atoms in total. The van der Waals surface area contributed by atoms with Crippen molar-refractivity contribution in [2.45, 2.75) is 12.2 Å².